The van der Waals surface area contributed by atoms with E-state index in [2.05, 4.69) is 55.1 Å². The van der Waals surface area contributed by atoms with E-state index < -0.39 is 8.15 Å². The molecule has 0 saturated heterocycles. The second-order valence-electron chi connectivity index (χ2n) is 4.83. The van der Waals surface area contributed by atoms with Gasteiger partial charge >= 0.3 is 0 Å². The summed E-state index contributed by atoms with van der Waals surface area (Å²) in [4.78, 5) is 0. The van der Waals surface area contributed by atoms with Gasteiger partial charge in [-0.1, -0.05) is 85.5 Å². The Morgan fingerprint density at radius 2 is 1.18 bits per heavy atom. The Hall–Kier alpha value is -2.37. The summed E-state index contributed by atoms with van der Waals surface area (Å²) in [7, 11) is -0.867. The van der Waals surface area contributed by atoms with Crippen molar-refractivity contribution >= 4 is 24.8 Å². The molecule has 0 atom stereocenters. The van der Waals surface area contributed by atoms with Gasteiger partial charge in [0, 0.05) is 10.6 Å². The van der Waals surface area contributed by atoms with Crippen molar-refractivity contribution in [1.29, 1.82) is 0 Å². The Labute approximate surface area is 132 Å². The van der Waals surface area contributed by atoms with Crippen LogP contribution in [0.15, 0.2) is 91.5 Å². The summed E-state index contributed by atoms with van der Waals surface area (Å²) in [6.07, 6.45) is 1.83. The molecular formula is C20H17OP. The minimum atomic E-state index is -0.867. The maximum absolute atomic E-state index is 6.32. The van der Waals surface area contributed by atoms with Crippen molar-refractivity contribution in [2.45, 2.75) is 0 Å². The van der Waals surface area contributed by atoms with Gasteiger partial charge in [-0.3, -0.25) is 0 Å². The lowest BCUT2D eigenvalue weighted by molar-refractivity contribution is 0.630. The van der Waals surface area contributed by atoms with Crippen LogP contribution in [-0.4, -0.2) is 0 Å². The van der Waals surface area contributed by atoms with E-state index in [4.69, 9.17) is 4.52 Å². The third-order valence-electron chi connectivity index (χ3n) is 3.29. The van der Waals surface area contributed by atoms with E-state index in [1.165, 1.54) is 10.6 Å². The van der Waals surface area contributed by atoms with Gasteiger partial charge in [0.1, 0.15) is 5.75 Å². The largest absolute Gasteiger partial charge is 0.464 e. The molecule has 1 nitrogen and oxygen atoms in total. The van der Waals surface area contributed by atoms with Crippen LogP contribution in [0.25, 0.3) is 6.08 Å². The molecule has 3 aromatic carbocycles. The summed E-state index contributed by atoms with van der Waals surface area (Å²) >= 11 is 0. The monoisotopic (exact) mass is 304 g/mol. The second-order valence-corrected chi connectivity index (χ2v) is 6.63. The first-order valence-corrected chi connectivity index (χ1v) is 8.43. The Kier molecular flexibility index (Phi) is 4.68. The van der Waals surface area contributed by atoms with E-state index in [1.807, 2.05) is 42.5 Å². The topological polar surface area (TPSA) is 9.23 Å². The van der Waals surface area contributed by atoms with Crippen molar-refractivity contribution in [3.05, 3.63) is 97.1 Å². The fourth-order valence-corrected chi connectivity index (χ4v) is 3.88. The third kappa shape index (κ3) is 3.44. The molecule has 0 spiro atoms. The van der Waals surface area contributed by atoms with Crippen LogP contribution in [0.1, 0.15) is 5.56 Å². The minimum absolute atomic E-state index is 0.867. The average Bonchev–Trinajstić information content (AvgIpc) is 2.62. The zero-order chi connectivity index (χ0) is 15.2. The molecular weight excluding hydrogens is 287 g/mol. The van der Waals surface area contributed by atoms with E-state index in [0.717, 1.165) is 11.3 Å². The average molecular weight is 304 g/mol. The van der Waals surface area contributed by atoms with Crippen molar-refractivity contribution in [3.63, 3.8) is 0 Å². The van der Waals surface area contributed by atoms with E-state index in [0.29, 0.717) is 0 Å². The molecule has 22 heavy (non-hydrogen) atoms. The Morgan fingerprint density at radius 3 is 1.64 bits per heavy atom. The van der Waals surface area contributed by atoms with Gasteiger partial charge in [-0.15, -0.1) is 0 Å². The minimum Gasteiger partial charge on any atom is -0.464 e. The quantitative estimate of drug-likeness (QED) is 0.618. The number of hydrogen-bond acceptors (Lipinski definition) is 1. The summed E-state index contributed by atoms with van der Waals surface area (Å²) in [5.74, 6) is 0.879. The van der Waals surface area contributed by atoms with Gasteiger partial charge in [0.05, 0.1) is 0 Å². The molecule has 0 heterocycles. The first-order chi connectivity index (χ1) is 10.9. The molecule has 0 N–H and O–H groups in total. The Balaban J connectivity index is 1.93. The molecule has 3 rings (SSSR count). The number of hydrogen-bond donors (Lipinski definition) is 0. The van der Waals surface area contributed by atoms with Crippen LogP contribution in [0.3, 0.4) is 0 Å². The highest BCUT2D eigenvalue weighted by Gasteiger charge is 2.16. The van der Waals surface area contributed by atoms with Crippen LogP contribution in [-0.2, 0) is 0 Å². The molecule has 3 aromatic rings. The van der Waals surface area contributed by atoms with Gasteiger partial charge in [0.25, 0.3) is 0 Å². The van der Waals surface area contributed by atoms with Crippen LogP contribution in [0.5, 0.6) is 5.75 Å². The van der Waals surface area contributed by atoms with Crippen LogP contribution in [0.4, 0.5) is 0 Å². The van der Waals surface area contributed by atoms with Gasteiger partial charge in [-0.25, -0.2) is 0 Å². The van der Waals surface area contributed by atoms with Gasteiger partial charge < -0.3 is 4.52 Å². The molecule has 0 fully saturated rings. The fourth-order valence-electron chi connectivity index (χ4n) is 2.15. The molecule has 0 aliphatic heterocycles. The SMILES string of the molecule is C=Cc1ccc(OP(c2ccccc2)c2ccccc2)cc1. The zero-order valence-electron chi connectivity index (χ0n) is 12.2. The predicted octanol–water partition coefficient (Wildman–Crippen LogP) is 4.76. The summed E-state index contributed by atoms with van der Waals surface area (Å²) in [6.45, 7) is 3.78. The maximum Gasteiger partial charge on any atom is 0.150 e. The summed E-state index contributed by atoms with van der Waals surface area (Å²) in [5, 5.41) is 2.41. The molecule has 0 saturated carbocycles. The standard InChI is InChI=1S/C20H17OP/c1-2-17-13-15-18(16-14-17)21-22(19-9-5-3-6-10-19)20-11-7-4-8-12-20/h2-16H,1H2. The van der Waals surface area contributed by atoms with Crippen LogP contribution < -0.4 is 15.1 Å². The molecule has 0 radical (unpaired) electrons. The van der Waals surface area contributed by atoms with Crippen LogP contribution in [0.2, 0.25) is 0 Å². The van der Waals surface area contributed by atoms with Gasteiger partial charge in [0.15, 0.2) is 8.15 Å². The lowest BCUT2D eigenvalue weighted by Crippen LogP contribution is -2.15. The predicted molar refractivity (Wildman–Crippen MR) is 96.2 cm³/mol. The molecule has 0 amide bonds. The van der Waals surface area contributed by atoms with Crippen LogP contribution >= 0.6 is 8.15 Å². The molecule has 2 heteroatoms. The normalized spacial score (nSPS) is 10.4. The highest BCUT2D eigenvalue weighted by atomic mass is 31.1. The molecule has 0 unspecified atom stereocenters. The maximum atomic E-state index is 6.32. The van der Waals surface area contributed by atoms with Gasteiger partial charge in [-0.05, 0) is 17.7 Å². The Morgan fingerprint density at radius 1 is 0.682 bits per heavy atom. The highest BCUT2D eigenvalue weighted by molar-refractivity contribution is 7.68. The van der Waals surface area contributed by atoms with Crippen molar-refractivity contribution in [2.75, 3.05) is 0 Å². The van der Waals surface area contributed by atoms with Gasteiger partial charge in [-0.2, -0.15) is 0 Å². The van der Waals surface area contributed by atoms with E-state index >= 15 is 0 Å². The van der Waals surface area contributed by atoms with Crippen LogP contribution in [0, 0.1) is 0 Å². The van der Waals surface area contributed by atoms with Crippen molar-refractivity contribution in [2.24, 2.45) is 0 Å². The third-order valence-corrected chi connectivity index (χ3v) is 5.22. The van der Waals surface area contributed by atoms with E-state index in [-0.39, 0.29) is 0 Å². The fraction of sp³-hybridized carbons (Fsp3) is 0. The van der Waals surface area contributed by atoms with Crippen molar-refractivity contribution < 1.29 is 4.52 Å². The summed E-state index contributed by atoms with van der Waals surface area (Å²) in [5.41, 5.74) is 1.09. The van der Waals surface area contributed by atoms with Gasteiger partial charge in [0.2, 0.25) is 0 Å². The summed E-state index contributed by atoms with van der Waals surface area (Å²) < 4.78 is 6.32. The molecule has 0 aromatic heterocycles. The van der Waals surface area contributed by atoms with Crippen molar-refractivity contribution in [1.82, 2.24) is 0 Å². The lowest BCUT2D eigenvalue weighted by Gasteiger charge is -2.19. The molecule has 0 aliphatic carbocycles. The molecule has 0 aliphatic rings. The first-order valence-electron chi connectivity index (χ1n) is 7.17. The first kappa shape index (κ1) is 14.6. The van der Waals surface area contributed by atoms with E-state index in [9.17, 15) is 0 Å². The second kappa shape index (κ2) is 7.06. The molecule has 108 valence electrons. The number of rotatable bonds is 5. The van der Waals surface area contributed by atoms with E-state index in [1.54, 1.807) is 0 Å². The highest BCUT2D eigenvalue weighted by Crippen LogP contribution is 2.36. The number of benzene rings is 3. The summed E-state index contributed by atoms with van der Waals surface area (Å²) in [6, 6.07) is 28.8. The molecule has 0 bridgehead atoms. The zero-order valence-corrected chi connectivity index (χ0v) is 13.1. The lowest BCUT2D eigenvalue weighted by atomic mass is 10.2. The van der Waals surface area contributed by atoms with Crippen molar-refractivity contribution in [3.8, 4) is 5.75 Å². The smallest absolute Gasteiger partial charge is 0.150 e. The Bertz CT molecular complexity index is 681.